The molecule has 120 valence electrons. The zero-order chi connectivity index (χ0) is 16.4. The van der Waals surface area contributed by atoms with Crippen LogP contribution in [0.2, 0.25) is 0 Å². The maximum atomic E-state index is 12.3. The van der Waals surface area contributed by atoms with Gasteiger partial charge in [-0.1, -0.05) is 23.9 Å². The molecule has 9 nitrogen and oxygen atoms in total. The van der Waals surface area contributed by atoms with E-state index in [1.54, 1.807) is 23.7 Å². The number of aromatic nitrogens is 4. The molecule has 1 N–H and O–H groups in total. The van der Waals surface area contributed by atoms with Gasteiger partial charge < -0.3 is 5.32 Å². The number of benzene rings is 1. The number of rotatable bonds is 6. The third-order valence-corrected chi connectivity index (χ3v) is 4.41. The van der Waals surface area contributed by atoms with E-state index in [2.05, 4.69) is 20.8 Å². The lowest BCUT2D eigenvalue weighted by Gasteiger charge is -2.11. The maximum absolute atomic E-state index is 12.3. The van der Waals surface area contributed by atoms with Crippen molar-refractivity contribution in [1.82, 2.24) is 20.2 Å². The van der Waals surface area contributed by atoms with E-state index in [-0.39, 0.29) is 17.3 Å². The molecule has 1 aliphatic carbocycles. The van der Waals surface area contributed by atoms with Crippen molar-refractivity contribution in [3.8, 4) is 0 Å². The summed E-state index contributed by atoms with van der Waals surface area (Å²) in [5.41, 5.74) is 0.0394. The predicted molar refractivity (Wildman–Crippen MR) is 83.1 cm³/mol. The zero-order valence-corrected chi connectivity index (χ0v) is 13.1. The van der Waals surface area contributed by atoms with Crippen molar-refractivity contribution in [3.05, 3.63) is 34.4 Å². The SMILES string of the molecule is CC(Sc1nnnn1C1CC1)C(=O)Nc1ccccc1[N+](=O)[O-]. The molecule has 23 heavy (non-hydrogen) atoms. The Morgan fingerprint density at radius 2 is 2.22 bits per heavy atom. The molecule has 0 aliphatic heterocycles. The molecule has 0 radical (unpaired) electrons. The van der Waals surface area contributed by atoms with E-state index in [1.165, 1.54) is 23.9 Å². The molecule has 1 saturated carbocycles. The van der Waals surface area contributed by atoms with Gasteiger partial charge in [0.05, 0.1) is 16.2 Å². The fourth-order valence-electron chi connectivity index (χ4n) is 2.00. The summed E-state index contributed by atoms with van der Waals surface area (Å²) in [4.78, 5) is 22.7. The number of nitrogens with zero attached hydrogens (tertiary/aromatic N) is 5. The number of amides is 1. The van der Waals surface area contributed by atoms with Crippen LogP contribution in [0, 0.1) is 10.1 Å². The lowest BCUT2D eigenvalue weighted by molar-refractivity contribution is -0.383. The molecule has 1 fully saturated rings. The molecule has 1 aliphatic rings. The second kappa shape index (κ2) is 6.32. The Bertz CT molecular complexity index is 745. The van der Waals surface area contributed by atoms with E-state index in [1.807, 2.05) is 0 Å². The van der Waals surface area contributed by atoms with Crippen LogP contribution in [-0.4, -0.2) is 36.3 Å². The van der Waals surface area contributed by atoms with Gasteiger partial charge in [0.2, 0.25) is 11.1 Å². The fraction of sp³-hybridized carbons (Fsp3) is 0.385. The van der Waals surface area contributed by atoms with Crippen LogP contribution in [0.15, 0.2) is 29.4 Å². The molecule has 1 amide bonds. The predicted octanol–water partition coefficient (Wildman–Crippen LogP) is 2.04. The number of nitrogens with one attached hydrogen (secondary N) is 1. The summed E-state index contributed by atoms with van der Waals surface area (Å²) in [6, 6.07) is 6.35. The topological polar surface area (TPSA) is 116 Å². The lowest BCUT2D eigenvalue weighted by Crippen LogP contribution is -2.23. The zero-order valence-electron chi connectivity index (χ0n) is 12.2. The van der Waals surface area contributed by atoms with Crippen LogP contribution in [0.1, 0.15) is 25.8 Å². The summed E-state index contributed by atoms with van der Waals surface area (Å²) >= 11 is 1.23. The minimum absolute atomic E-state index is 0.138. The van der Waals surface area contributed by atoms with Gasteiger partial charge in [0.15, 0.2) is 0 Å². The molecule has 1 unspecified atom stereocenters. The standard InChI is InChI=1S/C13H14N6O3S/c1-8(23-13-15-16-17-18(13)9-6-7-9)12(20)14-10-4-2-3-5-11(10)19(21)22/h2-5,8-9H,6-7H2,1H3,(H,14,20). The van der Waals surface area contributed by atoms with Crippen molar-refractivity contribution in [1.29, 1.82) is 0 Å². The average Bonchev–Trinajstić information content (AvgIpc) is 3.27. The van der Waals surface area contributed by atoms with Crippen LogP contribution in [0.25, 0.3) is 0 Å². The third-order valence-electron chi connectivity index (χ3n) is 3.37. The Morgan fingerprint density at radius 3 is 2.91 bits per heavy atom. The largest absolute Gasteiger partial charge is 0.319 e. The highest BCUT2D eigenvalue weighted by Crippen LogP contribution is 2.37. The summed E-state index contributed by atoms with van der Waals surface area (Å²) in [5.74, 6) is -0.338. The number of hydrogen-bond donors (Lipinski definition) is 1. The molecule has 1 atom stereocenters. The number of tetrazole rings is 1. The molecule has 1 heterocycles. The molecule has 0 saturated heterocycles. The van der Waals surface area contributed by atoms with Crippen LogP contribution < -0.4 is 5.32 Å². The number of nitro groups is 1. The molecule has 1 aromatic heterocycles. The first-order valence-electron chi connectivity index (χ1n) is 7.05. The lowest BCUT2D eigenvalue weighted by atomic mass is 10.2. The van der Waals surface area contributed by atoms with Gasteiger partial charge in [-0.3, -0.25) is 14.9 Å². The maximum Gasteiger partial charge on any atom is 0.292 e. The Morgan fingerprint density at radius 1 is 1.48 bits per heavy atom. The van der Waals surface area contributed by atoms with Crippen LogP contribution in [0.5, 0.6) is 0 Å². The number of carbonyl (C=O) groups is 1. The Balaban J connectivity index is 1.68. The summed E-state index contributed by atoms with van der Waals surface area (Å²) in [6.07, 6.45) is 2.07. The summed E-state index contributed by atoms with van der Waals surface area (Å²) in [7, 11) is 0. The van der Waals surface area contributed by atoms with Crippen molar-refractivity contribution in [2.24, 2.45) is 0 Å². The third kappa shape index (κ3) is 3.47. The number of hydrogen-bond acceptors (Lipinski definition) is 7. The van der Waals surface area contributed by atoms with Crippen molar-refractivity contribution >= 4 is 29.0 Å². The van der Waals surface area contributed by atoms with Crippen molar-refractivity contribution in [2.45, 2.75) is 36.2 Å². The van der Waals surface area contributed by atoms with Gasteiger partial charge in [0.25, 0.3) is 5.69 Å². The molecule has 1 aromatic carbocycles. The summed E-state index contributed by atoms with van der Waals surface area (Å²) in [6.45, 7) is 1.71. The van der Waals surface area contributed by atoms with Gasteiger partial charge in [0, 0.05) is 6.07 Å². The van der Waals surface area contributed by atoms with Crippen molar-refractivity contribution in [3.63, 3.8) is 0 Å². The van der Waals surface area contributed by atoms with E-state index in [0.29, 0.717) is 11.2 Å². The number of carbonyl (C=O) groups excluding carboxylic acids is 1. The molecule has 10 heteroatoms. The number of thioether (sulfide) groups is 1. The van der Waals surface area contributed by atoms with Crippen LogP contribution in [0.3, 0.4) is 0 Å². The number of para-hydroxylation sites is 2. The van der Waals surface area contributed by atoms with E-state index < -0.39 is 10.2 Å². The van der Waals surface area contributed by atoms with E-state index in [0.717, 1.165) is 12.8 Å². The van der Waals surface area contributed by atoms with E-state index >= 15 is 0 Å². The van der Waals surface area contributed by atoms with Crippen molar-refractivity contribution in [2.75, 3.05) is 5.32 Å². The summed E-state index contributed by atoms with van der Waals surface area (Å²) in [5, 5.41) is 25.2. The molecule has 2 aromatic rings. The van der Waals surface area contributed by atoms with Gasteiger partial charge in [-0.25, -0.2) is 4.68 Å². The molecular formula is C13H14N6O3S. The molecular weight excluding hydrogens is 320 g/mol. The van der Waals surface area contributed by atoms with Gasteiger partial charge in [0.1, 0.15) is 5.69 Å². The van der Waals surface area contributed by atoms with Crippen LogP contribution >= 0.6 is 11.8 Å². The van der Waals surface area contributed by atoms with Crippen LogP contribution in [-0.2, 0) is 4.79 Å². The first-order valence-corrected chi connectivity index (χ1v) is 7.93. The highest BCUT2D eigenvalue weighted by atomic mass is 32.2. The smallest absolute Gasteiger partial charge is 0.292 e. The quantitative estimate of drug-likeness (QED) is 0.488. The Hall–Kier alpha value is -2.49. The Kier molecular flexibility index (Phi) is 4.24. The minimum atomic E-state index is -0.527. The summed E-state index contributed by atoms with van der Waals surface area (Å²) < 4.78 is 1.72. The second-order valence-corrected chi connectivity index (χ2v) is 6.47. The second-order valence-electron chi connectivity index (χ2n) is 5.16. The molecule has 0 bridgehead atoms. The fourth-order valence-corrected chi connectivity index (χ4v) is 2.86. The highest BCUT2D eigenvalue weighted by molar-refractivity contribution is 8.00. The Labute approximate surface area is 135 Å². The van der Waals surface area contributed by atoms with Crippen LogP contribution in [0.4, 0.5) is 11.4 Å². The van der Waals surface area contributed by atoms with Gasteiger partial charge in [-0.2, -0.15) is 0 Å². The van der Waals surface area contributed by atoms with Gasteiger partial charge in [-0.05, 0) is 36.3 Å². The first-order chi connectivity index (χ1) is 11.1. The minimum Gasteiger partial charge on any atom is -0.319 e. The first kappa shape index (κ1) is 15.4. The highest BCUT2D eigenvalue weighted by Gasteiger charge is 2.29. The van der Waals surface area contributed by atoms with Gasteiger partial charge >= 0.3 is 0 Å². The van der Waals surface area contributed by atoms with E-state index in [9.17, 15) is 14.9 Å². The van der Waals surface area contributed by atoms with E-state index in [4.69, 9.17) is 0 Å². The van der Waals surface area contributed by atoms with Crippen molar-refractivity contribution < 1.29 is 9.72 Å². The van der Waals surface area contributed by atoms with Gasteiger partial charge in [-0.15, -0.1) is 5.10 Å². The number of nitro benzene ring substituents is 1. The molecule has 3 rings (SSSR count). The molecule has 0 spiro atoms. The number of anilines is 1. The monoisotopic (exact) mass is 334 g/mol. The normalized spacial score (nSPS) is 15.2. The average molecular weight is 334 g/mol.